The Morgan fingerprint density at radius 3 is 2.77 bits per heavy atom. The van der Waals surface area contributed by atoms with Crippen LogP contribution in [0.4, 0.5) is 0 Å². The largest absolute Gasteiger partial charge is 0.324 e. The van der Waals surface area contributed by atoms with Gasteiger partial charge in [0.15, 0.2) is 0 Å². The molecule has 2 aliphatic carbocycles. The first-order chi connectivity index (χ1) is 6.38. The van der Waals surface area contributed by atoms with E-state index in [0.717, 1.165) is 0 Å². The molecule has 0 saturated heterocycles. The van der Waals surface area contributed by atoms with Gasteiger partial charge in [0.1, 0.15) is 0 Å². The highest BCUT2D eigenvalue weighted by molar-refractivity contribution is 5.28. The fourth-order valence-electron chi connectivity index (χ4n) is 2.15. The lowest BCUT2D eigenvalue weighted by molar-refractivity contribution is 0.495. The van der Waals surface area contributed by atoms with E-state index in [1.54, 1.807) is 0 Å². The van der Waals surface area contributed by atoms with Crippen LogP contribution in [0.3, 0.4) is 0 Å². The van der Waals surface area contributed by atoms with E-state index in [2.05, 4.69) is 30.4 Å². The third-order valence-corrected chi connectivity index (χ3v) is 2.92. The topological polar surface area (TPSA) is 26.0 Å². The fourth-order valence-corrected chi connectivity index (χ4v) is 2.15. The molecule has 2 atom stereocenters. The highest BCUT2D eigenvalue weighted by Gasteiger charge is 2.20. The normalized spacial score (nSPS) is 33.2. The van der Waals surface area contributed by atoms with E-state index >= 15 is 0 Å². The minimum Gasteiger partial charge on any atom is -0.324 e. The molecule has 13 heavy (non-hydrogen) atoms. The van der Waals surface area contributed by atoms with Gasteiger partial charge in [-0.1, -0.05) is 30.4 Å². The molecule has 0 fully saturated rings. The molecule has 0 aromatic carbocycles. The lowest BCUT2D eigenvalue weighted by Crippen LogP contribution is -2.31. The minimum absolute atomic E-state index is 0.239. The van der Waals surface area contributed by atoms with Crippen molar-refractivity contribution < 1.29 is 0 Å². The second-order valence-corrected chi connectivity index (χ2v) is 3.87. The van der Waals surface area contributed by atoms with Crippen LogP contribution in [0.5, 0.6) is 0 Å². The molecular weight excluding hydrogens is 158 g/mol. The van der Waals surface area contributed by atoms with Gasteiger partial charge in [0.25, 0.3) is 0 Å². The second-order valence-electron chi connectivity index (χ2n) is 3.87. The van der Waals surface area contributed by atoms with E-state index in [9.17, 15) is 0 Å². The summed E-state index contributed by atoms with van der Waals surface area (Å²) in [4.78, 5) is 0. The van der Waals surface area contributed by atoms with Crippen LogP contribution in [0.15, 0.2) is 36.0 Å². The van der Waals surface area contributed by atoms with Crippen LogP contribution in [0.1, 0.15) is 25.7 Å². The third-order valence-electron chi connectivity index (χ3n) is 2.92. The average molecular weight is 175 g/mol. The molecule has 2 aliphatic rings. The summed E-state index contributed by atoms with van der Waals surface area (Å²) in [6.07, 6.45) is 16.0. The first-order valence-corrected chi connectivity index (χ1v) is 5.17. The van der Waals surface area contributed by atoms with Gasteiger partial charge in [-0.25, -0.2) is 0 Å². The summed E-state index contributed by atoms with van der Waals surface area (Å²) in [5.41, 5.74) is 7.51. The van der Waals surface area contributed by atoms with Crippen molar-refractivity contribution in [3.05, 3.63) is 36.0 Å². The summed E-state index contributed by atoms with van der Waals surface area (Å²) in [7, 11) is 0. The molecule has 0 aliphatic heterocycles. The van der Waals surface area contributed by atoms with Gasteiger partial charge in [-0.2, -0.15) is 0 Å². The van der Waals surface area contributed by atoms with Crippen molar-refractivity contribution >= 4 is 0 Å². The Bertz CT molecular complexity index is 260. The maximum Gasteiger partial charge on any atom is 0.0293 e. The van der Waals surface area contributed by atoms with Gasteiger partial charge in [0.2, 0.25) is 0 Å². The number of nitrogens with two attached hydrogens (primary N) is 1. The van der Waals surface area contributed by atoms with Crippen molar-refractivity contribution in [2.75, 3.05) is 0 Å². The van der Waals surface area contributed by atoms with Crippen molar-refractivity contribution in [3.63, 3.8) is 0 Å². The van der Waals surface area contributed by atoms with Crippen molar-refractivity contribution in [1.29, 1.82) is 0 Å². The fraction of sp³-hybridized carbons (Fsp3) is 0.500. The smallest absolute Gasteiger partial charge is 0.0293 e. The maximum absolute atomic E-state index is 6.05. The Labute approximate surface area is 80.0 Å². The van der Waals surface area contributed by atoms with Crippen molar-refractivity contribution in [3.8, 4) is 0 Å². The van der Waals surface area contributed by atoms with Gasteiger partial charge in [-0.3, -0.25) is 0 Å². The monoisotopic (exact) mass is 175 g/mol. The van der Waals surface area contributed by atoms with Gasteiger partial charge in [0, 0.05) is 12.0 Å². The summed E-state index contributed by atoms with van der Waals surface area (Å²) < 4.78 is 0. The van der Waals surface area contributed by atoms with E-state index < -0.39 is 0 Å². The Kier molecular flexibility index (Phi) is 2.65. The zero-order valence-electron chi connectivity index (χ0n) is 7.95. The molecule has 0 radical (unpaired) electrons. The quantitative estimate of drug-likeness (QED) is 0.609. The van der Waals surface area contributed by atoms with Gasteiger partial charge in [-0.05, 0) is 31.3 Å². The van der Waals surface area contributed by atoms with Gasteiger partial charge < -0.3 is 5.73 Å². The predicted octanol–water partition coefficient (Wildman–Crippen LogP) is 2.56. The molecule has 70 valence electrons. The number of hydrogen-bond donors (Lipinski definition) is 1. The first kappa shape index (κ1) is 8.76. The van der Waals surface area contributed by atoms with E-state index in [0.29, 0.717) is 5.92 Å². The summed E-state index contributed by atoms with van der Waals surface area (Å²) in [5.74, 6) is 0.571. The van der Waals surface area contributed by atoms with Crippen molar-refractivity contribution in [1.82, 2.24) is 0 Å². The zero-order valence-corrected chi connectivity index (χ0v) is 7.95. The Morgan fingerprint density at radius 2 is 2.08 bits per heavy atom. The Morgan fingerprint density at radius 1 is 1.15 bits per heavy atom. The number of rotatable bonds is 1. The minimum atomic E-state index is 0.239. The van der Waals surface area contributed by atoms with Gasteiger partial charge >= 0.3 is 0 Å². The van der Waals surface area contributed by atoms with E-state index in [-0.39, 0.29) is 6.04 Å². The Hall–Kier alpha value is -0.820. The highest BCUT2D eigenvalue weighted by Crippen LogP contribution is 2.28. The SMILES string of the molecule is NC1C=CCCC1C1=CCCC=C1. The molecule has 1 heteroatoms. The summed E-state index contributed by atoms with van der Waals surface area (Å²) in [6.45, 7) is 0. The lowest BCUT2D eigenvalue weighted by Gasteiger charge is -2.26. The molecule has 0 bridgehead atoms. The summed E-state index contributed by atoms with van der Waals surface area (Å²) in [6, 6.07) is 0.239. The van der Waals surface area contributed by atoms with E-state index in [1.807, 2.05) is 0 Å². The molecule has 0 spiro atoms. The molecule has 2 N–H and O–H groups in total. The van der Waals surface area contributed by atoms with Crippen LogP contribution in [0, 0.1) is 5.92 Å². The highest BCUT2D eigenvalue weighted by atomic mass is 14.6. The second kappa shape index (κ2) is 3.93. The maximum atomic E-state index is 6.05. The van der Waals surface area contributed by atoms with Crippen LogP contribution in [-0.2, 0) is 0 Å². The van der Waals surface area contributed by atoms with Crippen molar-refractivity contribution in [2.24, 2.45) is 11.7 Å². The van der Waals surface area contributed by atoms with Crippen LogP contribution in [0.2, 0.25) is 0 Å². The summed E-state index contributed by atoms with van der Waals surface area (Å²) in [5, 5.41) is 0. The van der Waals surface area contributed by atoms with Crippen molar-refractivity contribution in [2.45, 2.75) is 31.7 Å². The zero-order chi connectivity index (χ0) is 9.10. The van der Waals surface area contributed by atoms with E-state index in [4.69, 9.17) is 5.73 Å². The van der Waals surface area contributed by atoms with Gasteiger partial charge in [0.05, 0.1) is 0 Å². The third kappa shape index (κ3) is 1.92. The number of hydrogen-bond acceptors (Lipinski definition) is 1. The van der Waals surface area contributed by atoms with Crippen LogP contribution >= 0.6 is 0 Å². The molecule has 0 aromatic rings. The molecule has 0 aromatic heterocycles. The lowest BCUT2D eigenvalue weighted by atomic mass is 9.82. The molecule has 2 rings (SSSR count). The van der Waals surface area contributed by atoms with E-state index in [1.165, 1.54) is 31.3 Å². The number of allylic oxidation sites excluding steroid dienone is 4. The molecule has 0 amide bonds. The van der Waals surface area contributed by atoms with Crippen LogP contribution < -0.4 is 5.73 Å². The first-order valence-electron chi connectivity index (χ1n) is 5.17. The molecule has 0 heterocycles. The molecular formula is C12H17N. The molecule has 1 nitrogen and oxygen atoms in total. The standard InChI is InChI=1S/C12H17N/c13-12-9-5-4-8-11(12)10-6-2-1-3-7-10/h2,5-7,9,11-12H,1,3-4,8,13H2. The summed E-state index contributed by atoms with van der Waals surface area (Å²) >= 11 is 0. The molecule has 2 unspecified atom stereocenters. The Balaban J connectivity index is 2.11. The van der Waals surface area contributed by atoms with Crippen LogP contribution in [0.25, 0.3) is 0 Å². The van der Waals surface area contributed by atoms with Crippen LogP contribution in [-0.4, -0.2) is 6.04 Å². The molecule has 0 saturated carbocycles. The predicted molar refractivity (Wildman–Crippen MR) is 56.3 cm³/mol. The van der Waals surface area contributed by atoms with Gasteiger partial charge in [-0.15, -0.1) is 0 Å². The average Bonchev–Trinajstić information content (AvgIpc) is 2.20.